The monoisotopic (exact) mass is 346 g/mol. The van der Waals surface area contributed by atoms with Crippen molar-refractivity contribution in [3.8, 4) is 0 Å². The van der Waals surface area contributed by atoms with Gasteiger partial charge in [0, 0.05) is 17.1 Å². The van der Waals surface area contributed by atoms with Gasteiger partial charge >= 0.3 is 0 Å². The van der Waals surface area contributed by atoms with Gasteiger partial charge in [-0.25, -0.2) is 0 Å². The Hall–Kier alpha value is -1.23. The number of rotatable bonds is 7. The lowest BCUT2D eigenvalue weighted by molar-refractivity contribution is 0.104. The lowest BCUT2D eigenvalue weighted by atomic mass is 10.2. The van der Waals surface area contributed by atoms with E-state index in [1.54, 1.807) is 0 Å². The first-order valence-electron chi connectivity index (χ1n) is 7.30. The predicted octanol–water partition coefficient (Wildman–Crippen LogP) is 3.81. The molecule has 1 heterocycles. The van der Waals surface area contributed by atoms with E-state index in [1.807, 2.05) is 30.3 Å². The van der Waals surface area contributed by atoms with Gasteiger partial charge < -0.3 is 10.1 Å². The summed E-state index contributed by atoms with van der Waals surface area (Å²) in [5.41, 5.74) is 3.23. The van der Waals surface area contributed by atoms with Gasteiger partial charge in [-0.1, -0.05) is 40.2 Å². The van der Waals surface area contributed by atoms with E-state index in [-0.39, 0.29) is 0 Å². The average Bonchev–Trinajstić information content (AvgIpc) is 3.32. The molecule has 0 atom stereocenters. The van der Waals surface area contributed by atoms with E-state index in [9.17, 15) is 0 Å². The maximum absolute atomic E-state index is 5.77. The van der Waals surface area contributed by atoms with Crippen molar-refractivity contribution in [2.24, 2.45) is 0 Å². The minimum Gasteiger partial charge on any atom is -0.370 e. The SMILES string of the molecule is Brc1ccccc1COCc1cccc(CNC2CC2)n1. The lowest BCUT2D eigenvalue weighted by Crippen LogP contribution is -2.16. The number of nitrogens with one attached hydrogen (secondary N) is 1. The Morgan fingerprint density at radius 2 is 1.86 bits per heavy atom. The Morgan fingerprint density at radius 3 is 2.67 bits per heavy atom. The van der Waals surface area contributed by atoms with E-state index >= 15 is 0 Å². The molecule has 2 aromatic rings. The molecule has 1 aliphatic carbocycles. The molecule has 1 aromatic heterocycles. The fourth-order valence-corrected chi connectivity index (χ4v) is 2.52. The second-order valence-corrected chi connectivity index (χ2v) is 6.21. The molecule has 1 aliphatic rings. The number of hydrogen-bond acceptors (Lipinski definition) is 3. The van der Waals surface area contributed by atoms with Gasteiger partial charge in [0.2, 0.25) is 0 Å². The van der Waals surface area contributed by atoms with Crippen molar-refractivity contribution in [3.63, 3.8) is 0 Å². The topological polar surface area (TPSA) is 34.1 Å². The van der Waals surface area contributed by atoms with Crippen LogP contribution in [0.1, 0.15) is 29.8 Å². The summed E-state index contributed by atoms with van der Waals surface area (Å²) < 4.78 is 6.85. The molecule has 1 aromatic carbocycles. The Labute approximate surface area is 133 Å². The molecule has 0 radical (unpaired) electrons. The minimum absolute atomic E-state index is 0.540. The zero-order valence-electron chi connectivity index (χ0n) is 11.9. The van der Waals surface area contributed by atoms with Crippen LogP contribution in [0.5, 0.6) is 0 Å². The summed E-state index contributed by atoms with van der Waals surface area (Å²) >= 11 is 3.53. The van der Waals surface area contributed by atoms with Gasteiger partial charge in [0.25, 0.3) is 0 Å². The summed E-state index contributed by atoms with van der Waals surface area (Å²) in [4.78, 5) is 4.63. The molecule has 1 N–H and O–H groups in total. The minimum atomic E-state index is 0.540. The largest absolute Gasteiger partial charge is 0.370 e. The number of benzene rings is 1. The highest BCUT2D eigenvalue weighted by atomic mass is 79.9. The molecule has 3 rings (SSSR count). The Balaban J connectivity index is 1.50. The molecular formula is C17H19BrN2O. The van der Waals surface area contributed by atoms with Crippen LogP contribution < -0.4 is 5.32 Å². The Morgan fingerprint density at radius 1 is 1.05 bits per heavy atom. The highest BCUT2D eigenvalue weighted by Gasteiger charge is 2.20. The van der Waals surface area contributed by atoms with E-state index < -0.39 is 0 Å². The smallest absolute Gasteiger partial charge is 0.0892 e. The van der Waals surface area contributed by atoms with Crippen molar-refractivity contribution in [3.05, 3.63) is 63.9 Å². The molecule has 0 unspecified atom stereocenters. The van der Waals surface area contributed by atoms with Crippen LogP contribution in [-0.2, 0) is 24.5 Å². The summed E-state index contributed by atoms with van der Waals surface area (Å²) in [6.07, 6.45) is 2.60. The van der Waals surface area contributed by atoms with Crippen LogP contribution in [0.25, 0.3) is 0 Å². The number of aromatic nitrogens is 1. The average molecular weight is 347 g/mol. The van der Waals surface area contributed by atoms with Gasteiger partial charge in [-0.05, 0) is 36.6 Å². The molecule has 0 spiro atoms. The normalized spacial score (nSPS) is 14.3. The third-order valence-electron chi connectivity index (χ3n) is 3.48. The lowest BCUT2D eigenvalue weighted by Gasteiger charge is -2.08. The number of pyridine rings is 1. The summed E-state index contributed by atoms with van der Waals surface area (Å²) in [5.74, 6) is 0. The van der Waals surface area contributed by atoms with Crippen molar-refractivity contribution in [2.45, 2.75) is 38.6 Å². The highest BCUT2D eigenvalue weighted by molar-refractivity contribution is 9.10. The zero-order chi connectivity index (χ0) is 14.5. The molecule has 110 valence electrons. The molecule has 4 heteroatoms. The van der Waals surface area contributed by atoms with Crippen LogP contribution >= 0.6 is 15.9 Å². The molecule has 21 heavy (non-hydrogen) atoms. The van der Waals surface area contributed by atoms with Crippen LogP contribution in [0.2, 0.25) is 0 Å². The van der Waals surface area contributed by atoms with Gasteiger partial charge in [0.1, 0.15) is 0 Å². The predicted molar refractivity (Wildman–Crippen MR) is 86.7 cm³/mol. The molecule has 3 nitrogen and oxygen atoms in total. The van der Waals surface area contributed by atoms with Gasteiger partial charge in [0.15, 0.2) is 0 Å². The van der Waals surface area contributed by atoms with Crippen molar-refractivity contribution < 1.29 is 4.74 Å². The standard InChI is InChI=1S/C17H19BrN2O/c18-17-7-2-1-4-13(17)11-21-12-16-6-3-5-15(20-16)10-19-14-8-9-14/h1-7,14,19H,8-12H2. The van der Waals surface area contributed by atoms with Gasteiger partial charge in [0.05, 0.1) is 24.6 Å². The van der Waals surface area contributed by atoms with Crippen LogP contribution in [0.4, 0.5) is 0 Å². The van der Waals surface area contributed by atoms with E-state index in [1.165, 1.54) is 12.8 Å². The quantitative estimate of drug-likeness (QED) is 0.827. The van der Waals surface area contributed by atoms with Gasteiger partial charge in [-0.3, -0.25) is 4.98 Å². The Bertz CT molecular complexity index is 599. The fraction of sp³-hybridized carbons (Fsp3) is 0.353. The van der Waals surface area contributed by atoms with Crippen molar-refractivity contribution in [1.29, 1.82) is 0 Å². The fourth-order valence-electron chi connectivity index (χ4n) is 2.13. The van der Waals surface area contributed by atoms with E-state index in [2.05, 4.69) is 38.4 Å². The van der Waals surface area contributed by atoms with Crippen LogP contribution in [0.15, 0.2) is 46.9 Å². The first kappa shape index (κ1) is 14.7. The molecule has 1 fully saturated rings. The molecule has 0 bridgehead atoms. The summed E-state index contributed by atoms with van der Waals surface area (Å²) in [5, 5.41) is 3.48. The number of halogens is 1. The van der Waals surface area contributed by atoms with Gasteiger partial charge in [-0.15, -0.1) is 0 Å². The number of nitrogens with zero attached hydrogens (tertiary/aromatic N) is 1. The third kappa shape index (κ3) is 4.63. The summed E-state index contributed by atoms with van der Waals surface area (Å²) in [6, 6.07) is 15.0. The maximum atomic E-state index is 5.77. The van der Waals surface area contributed by atoms with Crippen molar-refractivity contribution in [1.82, 2.24) is 10.3 Å². The summed E-state index contributed by atoms with van der Waals surface area (Å²) in [7, 11) is 0. The van der Waals surface area contributed by atoms with E-state index in [4.69, 9.17) is 4.74 Å². The number of ether oxygens (including phenoxy) is 1. The zero-order valence-corrected chi connectivity index (χ0v) is 13.5. The number of hydrogen-bond donors (Lipinski definition) is 1. The van der Waals surface area contributed by atoms with Crippen molar-refractivity contribution >= 4 is 15.9 Å². The molecule has 0 aliphatic heterocycles. The first-order valence-corrected chi connectivity index (χ1v) is 8.10. The molecule has 0 amide bonds. The van der Waals surface area contributed by atoms with Crippen LogP contribution in [0, 0.1) is 0 Å². The van der Waals surface area contributed by atoms with E-state index in [0.29, 0.717) is 19.3 Å². The summed E-state index contributed by atoms with van der Waals surface area (Å²) in [6.45, 7) is 1.98. The maximum Gasteiger partial charge on any atom is 0.0892 e. The third-order valence-corrected chi connectivity index (χ3v) is 4.25. The van der Waals surface area contributed by atoms with Crippen molar-refractivity contribution in [2.75, 3.05) is 0 Å². The van der Waals surface area contributed by atoms with Crippen LogP contribution in [0.3, 0.4) is 0 Å². The second-order valence-electron chi connectivity index (χ2n) is 5.36. The molecular weight excluding hydrogens is 328 g/mol. The van der Waals surface area contributed by atoms with Gasteiger partial charge in [-0.2, -0.15) is 0 Å². The second kappa shape index (κ2) is 7.16. The van der Waals surface area contributed by atoms with Crippen LogP contribution in [-0.4, -0.2) is 11.0 Å². The highest BCUT2D eigenvalue weighted by Crippen LogP contribution is 2.19. The first-order chi connectivity index (χ1) is 10.3. The molecule has 0 saturated heterocycles. The molecule has 1 saturated carbocycles. The van der Waals surface area contributed by atoms with E-state index in [0.717, 1.165) is 28.0 Å². The Kier molecular flexibility index (Phi) is 5.01.